The van der Waals surface area contributed by atoms with E-state index in [9.17, 15) is 9.59 Å². The molecule has 1 aliphatic heterocycles. The zero-order chi connectivity index (χ0) is 14.7. The summed E-state index contributed by atoms with van der Waals surface area (Å²) in [5.74, 6) is 0.430. The second-order valence-electron chi connectivity index (χ2n) is 6.18. The lowest BCUT2D eigenvalue weighted by Gasteiger charge is -2.24. The number of hydrogen-bond donors (Lipinski definition) is 1. The molecule has 2 amide bonds. The molecule has 1 N–H and O–H groups in total. The summed E-state index contributed by atoms with van der Waals surface area (Å²) in [5, 5.41) is 3.34. The molecule has 0 bridgehead atoms. The number of likely N-dealkylation sites (tertiary alicyclic amines) is 1. The maximum Gasteiger partial charge on any atom is 0.233 e. The predicted octanol–water partition coefficient (Wildman–Crippen LogP) is 1.03. The number of rotatable bonds is 7. The molecule has 114 valence electrons. The highest BCUT2D eigenvalue weighted by Gasteiger charge is 2.51. The third-order valence-electron chi connectivity index (χ3n) is 4.42. The van der Waals surface area contributed by atoms with E-state index >= 15 is 0 Å². The molecule has 2 aliphatic rings. The minimum absolute atomic E-state index is 0.0313. The first-order valence-electron chi connectivity index (χ1n) is 7.66. The van der Waals surface area contributed by atoms with Crippen molar-refractivity contribution in [2.24, 2.45) is 17.8 Å². The third-order valence-corrected chi connectivity index (χ3v) is 4.42. The van der Waals surface area contributed by atoms with Crippen molar-refractivity contribution in [3.8, 4) is 0 Å². The van der Waals surface area contributed by atoms with Gasteiger partial charge in [-0.1, -0.05) is 13.8 Å². The molecule has 0 radical (unpaired) electrons. The highest BCUT2D eigenvalue weighted by Crippen LogP contribution is 2.42. The standard InChI is InChI=1S/C15H26N2O3/c1-4-5-16-11(9-20-3)8-17-14(18)12-6-10(2)7-13(12)15(17)19/h10-13,16H,4-9H2,1-3H3. The topological polar surface area (TPSA) is 58.6 Å². The smallest absolute Gasteiger partial charge is 0.233 e. The predicted molar refractivity (Wildman–Crippen MR) is 76.1 cm³/mol. The summed E-state index contributed by atoms with van der Waals surface area (Å²) in [4.78, 5) is 26.3. The first-order valence-corrected chi connectivity index (χ1v) is 7.66. The Kier molecular flexibility index (Phi) is 5.16. The van der Waals surface area contributed by atoms with Crippen molar-refractivity contribution in [1.29, 1.82) is 0 Å². The van der Waals surface area contributed by atoms with E-state index in [1.165, 1.54) is 4.90 Å². The number of nitrogens with zero attached hydrogens (tertiary/aromatic N) is 1. The van der Waals surface area contributed by atoms with Crippen molar-refractivity contribution in [1.82, 2.24) is 10.2 Å². The van der Waals surface area contributed by atoms with Crippen molar-refractivity contribution in [2.45, 2.75) is 39.2 Å². The van der Waals surface area contributed by atoms with Gasteiger partial charge in [-0.2, -0.15) is 0 Å². The van der Waals surface area contributed by atoms with Crippen LogP contribution in [0.4, 0.5) is 0 Å². The monoisotopic (exact) mass is 282 g/mol. The number of ether oxygens (including phenoxy) is 1. The van der Waals surface area contributed by atoms with Gasteiger partial charge in [-0.05, 0) is 31.7 Å². The van der Waals surface area contributed by atoms with E-state index < -0.39 is 0 Å². The summed E-state index contributed by atoms with van der Waals surface area (Å²) in [5.41, 5.74) is 0. The first kappa shape index (κ1) is 15.4. The van der Waals surface area contributed by atoms with E-state index in [0.717, 1.165) is 25.8 Å². The molecule has 2 fully saturated rings. The fourth-order valence-corrected chi connectivity index (χ4v) is 3.47. The third kappa shape index (κ3) is 3.04. The fourth-order valence-electron chi connectivity index (χ4n) is 3.47. The molecular weight excluding hydrogens is 256 g/mol. The number of carbonyl (C=O) groups is 2. The van der Waals surface area contributed by atoms with Gasteiger partial charge in [-0.25, -0.2) is 0 Å². The minimum atomic E-state index is -0.0631. The number of nitrogens with one attached hydrogen (secondary N) is 1. The molecule has 0 aromatic carbocycles. The van der Waals surface area contributed by atoms with E-state index in [1.54, 1.807) is 7.11 Å². The van der Waals surface area contributed by atoms with E-state index in [2.05, 4.69) is 19.2 Å². The van der Waals surface area contributed by atoms with Crippen LogP contribution in [0, 0.1) is 17.8 Å². The van der Waals surface area contributed by atoms with Gasteiger partial charge in [0.15, 0.2) is 0 Å². The van der Waals surface area contributed by atoms with Gasteiger partial charge in [0.1, 0.15) is 0 Å². The Morgan fingerprint density at radius 1 is 1.30 bits per heavy atom. The van der Waals surface area contributed by atoms with Crippen LogP contribution in [0.25, 0.3) is 0 Å². The molecule has 1 aliphatic carbocycles. The van der Waals surface area contributed by atoms with E-state index in [0.29, 0.717) is 19.1 Å². The lowest BCUT2D eigenvalue weighted by atomic mass is 10.00. The van der Waals surface area contributed by atoms with Crippen molar-refractivity contribution in [3.63, 3.8) is 0 Å². The van der Waals surface area contributed by atoms with Crippen LogP contribution in [-0.2, 0) is 14.3 Å². The van der Waals surface area contributed by atoms with Crippen molar-refractivity contribution in [2.75, 3.05) is 26.8 Å². The normalized spacial score (nSPS) is 30.9. The highest BCUT2D eigenvalue weighted by molar-refractivity contribution is 6.05. The largest absolute Gasteiger partial charge is 0.383 e. The molecule has 1 saturated heterocycles. The summed E-state index contributed by atoms with van der Waals surface area (Å²) in [7, 11) is 1.64. The number of amides is 2. The molecule has 0 aromatic heterocycles. The van der Waals surface area contributed by atoms with Gasteiger partial charge < -0.3 is 10.1 Å². The minimum Gasteiger partial charge on any atom is -0.383 e. The van der Waals surface area contributed by atoms with Gasteiger partial charge in [-0.15, -0.1) is 0 Å². The highest BCUT2D eigenvalue weighted by atomic mass is 16.5. The molecule has 0 aromatic rings. The van der Waals surface area contributed by atoms with Gasteiger partial charge in [-0.3, -0.25) is 14.5 Å². The number of fused-ring (bicyclic) bond motifs is 1. The number of methoxy groups -OCH3 is 1. The van der Waals surface area contributed by atoms with E-state index in [4.69, 9.17) is 4.74 Å². The summed E-state index contributed by atoms with van der Waals surface area (Å²) in [6.45, 7) is 6.04. The van der Waals surface area contributed by atoms with Crippen LogP contribution in [0.2, 0.25) is 0 Å². The lowest BCUT2D eigenvalue weighted by Crippen LogP contribution is -2.46. The van der Waals surface area contributed by atoms with Crippen molar-refractivity contribution in [3.05, 3.63) is 0 Å². The van der Waals surface area contributed by atoms with Gasteiger partial charge in [0.2, 0.25) is 11.8 Å². The summed E-state index contributed by atoms with van der Waals surface area (Å²) >= 11 is 0. The average molecular weight is 282 g/mol. The Labute approximate surface area is 121 Å². The summed E-state index contributed by atoms with van der Waals surface area (Å²) in [6.07, 6.45) is 2.75. The molecule has 3 atom stereocenters. The van der Waals surface area contributed by atoms with Gasteiger partial charge in [0.25, 0.3) is 0 Å². The number of imide groups is 1. The van der Waals surface area contributed by atoms with Crippen molar-refractivity contribution >= 4 is 11.8 Å². The molecule has 20 heavy (non-hydrogen) atoms. The Bertz CT molecular complexity index is 348. The Balaban J connectivity index is 1.98. The van der Waals surface area contributed by atoms with Crippen LogP contribution in [-0.4, -0.2) is 49.6 Å². The fraction of sp³-hybridized carbons (Fsp3) is 0.867. The van der Waals surface area contributed by atoms with Crippen molar-refractivity contribution < 1.29 is 14.3 Å². The van der Waals surface area contributed by atoms with Crippen LogP contribution in [0.5, 0.6) is 0 Å². The zero-order valence-electron chi connectivity index (χ0n) is 12.7. The molecule has 5 heteroatoms. The van der Waals surface area contributed by atoms with Crippen LogP contribution >= 0.6 is 0 Å². The van der Waals surface area contributed by atoms with Gasteiger partial charge >= 0.3 is 0 Å². The van der Waals surface area contributed by atoms with Crippen LogP contribution in [0.15, 0.2) is 0 Å². The quantitative estimate of drug-likeness (QED) is 0.709. The molecule has 1 saturated carbocycles. The molecular formula is C15H26N2O3. The van der Waals surface area contributed by atoms with Gasteiger partial charge in [0, 0.05) is 19.7 Å². The van der Waals surface area contributed by atoms with Crippen LogP contribution < -0.4 is 5.32 Å². The Morgan fingerprint density at radius 3 is 2.40 bits per heavy atom. The lowest BCUT2D eigenvalue weighted by molar-refractivity contribution is -0.141. The Hall–Kier alpha value is -0.940. The summed E-state index contributed by atoms with van der Waals surface area (Å²) < 4.78 is 5.18. The molecule has 1 heterocycles. The number of hydrogen-bond acceptors (Lipinski definition) is 4. The van der Waals surface area contributed by atoms with Gasteiger partial charge in [0.05, 0.1) is 18.4 Å². The summed E-state index contributed by atoms with van der Waals surface area (Å²) in [6, 6.07) is 0.0316. The first-order chi connectivity index (χ1) is 9.58. The van der Waals surface area contributed by atoms with E-state index in [1.807, 2.05) is 0 Å². The zero-order valence-corrected chi connectivity index (χ0v) is 12.7. The van der Waals surface area contributed by atoms with E-state index in [-0.39, 0.29) is 29.7 Å². The van der Waals surface area contributed by atoms with Crippen LogP contribution in [0.1, 0.15) is 33.1 Å². The van der Waals surface area contributed by atoms with Crippen LogP contribution in [0.3, 0.4) is 0 Å². The Morgan fingerprint density at radius 2 is 1.90 bits per heavy atom. The molecule has 3 unspecified atom stereocenters. The second kappa shape index (κ2) is 6.68. The molecule has 0 spiro atoms. The second-order valence-corrected chi connectivity index (χ2v) is 6.18. The SMILES string of the molecule is CCCNC(COC)CN1C(=O)C2CC(C)CC2C1=O. The maximum atomic E-state index is 12.4. The maximum absolute atomic E-state index is 12.4. The average Bonchev–Trinajstić information content (AvgIpc) is 2.90. The number of carbonyl (C=O) groups excluding carboxylic acids is 2. The molecule has 5 nitrogen and oxygen atoms in total. The molecule has 2 rings (SSSR count).